The Labute approximate surface area is 141 Å². The van der Waals surface area contributed by atoms with Crippen LogP contribution in [0.4, 0.5) is 5.13 Å². The molecule has 5 nitrogen and oxygen atoms in total. The fourth-order valence-corrected chi connectivity index (χ4v) is 2.59. The molecule has 1 N–H and O–H groups in total. The predicted molar refractivity (Wildman–Crippen MR) is 90.1 cm³/mol. The second kappa shape index (κ2) is 8.12. The second-order valence-corrected chi connectivity index (χ2v) is 5.78. The van der Waals surface area contributed by atoms with Crippen molar-refractivity contribution >= 4 is 51.9 Å². The average Bonchev–Trinajstić information content (AvgIpc) is 2.91. The predicted octanol–water partition coefficient (Wildman–Crippen LogP) is 4.00. The van der Waals surface area contributed by atoms with Gasteiger partial charge in [0, 0.05) is 10.9 Å². The molecular formula is C14H13Cl2N3O2S. The Morgan fingerprint density at radius 1 is 1.50 bits per heavy atom. The van der Waals surface area contributed by atoms with Gasteiger partial charge in [-0.1, -0.05) is 35.3 Å². The molecule has 0 unspecified atom stereocenters. The number of carbonyl (C=O) groups excluding carboxylic acids is 1. The van der Waals surface area contributed by atoms with E-state index in [-0.39, 0.29) is 12.4 Å². The van der Waals surface area contributed by atoms with Gasteiger partial charge in [-0.2, -0.15) is 5.10 Å². The van der Waals surface area contributed by atoms with Gasteiger partial charge in [0.15, 0.2) is 0 Å². The Balaban J connectivity index is 1.94. The lowest BCUT2D eigenvalue weighted by molar-refractivity contribution is -0.142. The number of anilines is 1. The van der Waals surface area contributed by atoms with E-state index in [2.05, 4.69) is 15.5 Å². The fraction of sp³-hybridized carbons (Fsp3) is 0.214. The van der Waals surface area contributed by atoms with Crippen molar-refractivity contribution in [3.05, 3.63) is 44.9 Å². The lowest BCUT2D eigenvalue weighted by Gasteiger charge is -1.99. The molecule has 0 spiro atoms. The highest BCUT2D eigenvalue weighted by atomic mass is 35.5. The molecule has 1 aromatic heterocycles. The number of hydrogen-bond donors (Lipinski definition) is 1. The van der Waals surface area contributed by atoms with E-state index in [0.29, 0.717) is 33.0 Å². The van der Waals surface area contributed by atoms with Gasteiger partial charge in [0.1, 0.15) is 0 Å². The molecule has 0 saturated heterocycles. The van der Waals surface area contributed by atoms with Crippen LogP contribution in [0.15, 0.2) is 28.7 Å². The minimum Gasteiger partial charge on any atom is -0.466 e. The number of hydrogen-bond acceptors (Lipinski definition) is 6. The van der Waals surface area contributed by atoms with Gasteiger partial charge in [-0.3, -0.25) is 10.2 Å². The van der Waals surface area contributed by atoms with Gasteiger partial charge < -0.3 is 4.74 Å². The number of carbonyl (C=O) groups is 1. The number of benzene rings is 1. The molecule has 0 amide bonds. The van der Waals surface area contributed by atoms with Gasteiger partial charge in [0.25, 0.3) is 0 Å². The van der Waals surface area contributed by atoms with Crippen molar-refractivity contribution in [2.75, 3.05) is 12.0 Å². The highest BCUT2D eigenvalue weighted by Gasteiger charge is 2.08. The Morgan fingerprint density at radius 3 is 3.09 bits per heavy atom. The number of esters is 1. The zero-order chi connectivity index (χ0) is 15.9. The van der Waals surface area contributed by atoms with E-state index in [1.807, 2.05) is 0 Å². The quantitative estimate of drug-likeness (QED) is 0.482. The average molecular weight is 358 g/mol. The van der Waals surface area contributed by atoms with Crippen LogP contribution in [-0.2, 0) is 16.0 Å². The molecule has 0 bridgehead atoms. The minimum absolute atomic E-state index is 0.149. The van der Waals surface area contributed by atoms with Crippen LogP contribution in [0.5, 0.6) is 0 Å². The number of halogens is 2. The first-order chi connectivity index (χ1) is 10.6. The largest absolute Gasteiger partial charge is 0.466 e. The van der Waals surface area contributed by atoms with Crippen LogP contribution in [-0.4, -0.2) is 23.8 Å². The Kier molecular flexibility index (Phi) is 6.18. The molecule has 2 rings (SSSR count). The van der Waals surface area contributed by atoms with Crippen LogP contribution in [0.2, 0.25) is 10.0 Å². The highest BCUT2D eigenvalue weighted by Crippen LogP contribution is 2.24. The lowest BCUT2D eigenvalue weighted by Crippen LogP contribution is -2.07. The molecule has 2 aromatic rings. The van der Waals surface area contributed by atoms with E-state index >= 15 is 0 Å². The maximum absolute atomic E-state index is 11.4. The fourth-order valence-electron chi connectivity index (χ4n) is 1.58. The van der Waals surface area contributed by atoms with E-state index in [0.717, 1.165) is 0 Å². The zero-order valence-electron chi connectivity index (χ0n) is 11.7. The monoisotopic (exact) mass is 357 g/mol. The van der Waals surface area contributed by atoms with E-state index in [4.69, 9.17) is 27.9 Å². The van der Waals surface area contributed by atoms with Crippen LogP contribution >= 0.6 is 34.5 Å². The molecule has 0 aliphatic heterocycles. The Bertz CT molecular complexity index is 688. The molecule has 116 valence electrons. The van der Waals surface area contributed by atoms with Crippen molar-refractivity contribution in [1.29, 1.82) is 0 Å². The summed E-state index contributed by atoms with van der Waals surface area (Å²) in [4.78, 5) is 15.6. The third kappa shape index (κ3) is 4.69. The van der Waals surface area contributed by atoms with Gasteiger partial charge >= 0.3 is 5.97 Å². The number of hydrazone groups is 1. The molecule has 0 atom stereocenters. The highest BCUT2D eigenvalue weighted by molar-refractivity contribution is 7.13. The van der Waals surface area contributed by atoms with E-state index in [1.54, 1.807) is 36.7 Å². The van der Waals surface area contributed by atoms with Gasteiger partial charge in [-0.05, 0) is 13.0 Å². The number of thiazole rings is 1. The van der Waals surface area contributed by atoms with Crippen molar-refractivity contribution in [3.63, 3.8) is 0 Å². The van der Waals surface area contributed by atoms with Crippen molar-refractivity contribution in [2.45, 2.75) is 13.3 Å². The molecule has 0 fully saturated rings. The minimum atomic E-state index is -0.298. The van der Waals surface area contributed by atoms with E-state index in [9.17, 15) is 4.79 Å². The summed E-state index contributed by atoms with van der Waals surface area (Å²) in [5.74, 6) is -0.298. The van der Waals surface area contributed by atoms with Gasteiger partial charge in [-0.25, -0.2) is 4.98 Å². The van der Waals surface area contributed by atoms with Crippen LogP contribution in [0.1, 0.15) is 18.2 Å². The summed E-state index contributed by atoms with van der Waals surface area (Å²) in [6, 6.07) is 5.29. The summed E-state index contributed by atoms with van der Waals surface area (Å²) in [6.07, 6.45) is 1.70. The Morgan fingerprint density at radius 2 is 2.32 bits per heavy atom. The number of aromatic nitrogens is 1. The number of ether oxygens (including phenoxy) is 1. The van der Waals surface area contributed by atoms with Gasteiger partial charge in [0.05, 0.1) is 35.0 Å². The van der Waals surface area contributed by atoms with E-state index in [1.165, 1.54) is 11.3 Å². The molecule has 8 heteroatoms. The molecule has 22 heavy (non-hydrogen) atoms. The molecule has 0 aliphatic carbocycles. The smallest absolute Gasteiger partial charge is 0.311 e. The normalized spacial score (nSPS) is 10.9. The maximum atomic E-state index is 11.4. The molecule has 0 radical (unpaired) electrons. The van der Waals surface area contributed by atoms with Gasteiger partial charge in [-0.15, -0.1) is 11.3 Å². The van der Waals surface area contributed by atoms with Crippen LogP contribution in [0.3, 0.4) is 0 Å². The van der Waals surface area contributed by atoms with Crippen molar-refractivity contribution in [1.82, 2.24) is 4.98 Å². The summed E-state index contributed by atoms with van der Waals surface area (Å²) >= 11 is 13.3. The molecule has 1 heterocycles. The first kappa shape index (κ1) is 16.7. The zero-order valence-corrected chi connectivity index (χ0v) is 14.0. The summed E-state index contributed by atoms with van der Waals surface area (Å²) in [6.45, 7) is 2.13. The third-order valence-corrected chi connectivity index (χ3v) is 4.16. The van der Waals surface area contributed by atoms with Gasteiger partial charge in [0.2, 0.25) is 5.13 Å². The standard InChI is InChI=1S/C14H13Cl2N3O2S/c1-2-21-12(20)6-10-8-22-14(18-10)19-17-7-9-4-3-5-11(15)13(9)16/h3-5,7-8H,2,6H2,1H3,(H,18,19). The van der Waals surface area contributed by atoms with E-state index < -0.39 is 0 Å². The number of rotatable bonds is 6. The molecule has 0 saturated carbocycles. The van der Waals surface area contributed by atoms with Crippen molar-refractivity contribution in [2.24, 2.45) is 5.10 Å². The summed E-state index contributed by atoms with van der Waals surface area (Å²) < 4.78 is 4.87. The third-order valence-electron chi connectivity index (χ3n) is 2.53. The summed E-state index contributed by atoms with van der Waals surface area (Å²) in [5, 5.41) is 7.32. The second-order valence-electron chi connectivity index (χ2n) is 4.14. The first-order valence-electron chi connectivity index (χ1n) is 6.43. The van der Waals surface area contributed by atoms with Crippen LogP contribution in [0, 0.1) is 0 Å². The van der Waals surface area contributed by atoms with Crippen LogP contribution in [0.25, 0.3) is 0 Å². The number of nitrogens with zero attached hydrogens (tertiary/aromatic N) is 2. The summed E-state index contributed by atoms with van der Waals surface area (Å²) in [5.41, 5.74) is 4.13. The SMILES string of the molecule is CCOC(=O)Cc1csc(NN=Cc2cccc(Cl)c2Cl)n1. The Hall–Kier alpha value is -1.63. The number of nitrogens with one attached hydrogen (secondary N) is 1. The molecular weight excluding hydrogens is 345 g/mol. The topological polar surface area (TPSA) is 63.6 Å². The maximum Gasteiger partial charge on any atom is 0.311 e. The molecule has 1 aromatic carbocycles. The van der Waals surface area contributed by atoms with Crippen LogP contribution < -0.4 is 5.43 Å². The summed E-state index contributed by atoms with van der Waals surface area (Å²) in [7, 11) is 0. The van der Waals surface area contributed by atoms with Crippen molar-refractivity contribution < 1.29 is 9.53 Å². The van der Waals surface area contributed by atoms with Crippen molar-refractivity contribution in [3.8, 4) is 0 Å². The lowest BCUT2D eigenvalue weighted by atomic mass is 10.2. The first-order valence-corrected chi connectivity index (χ1v) is 8.06. The molecule has 0 aliphatic rings.